The van der Waals surface area contributed by atoms with Gasteiger partial charge in [-0.2, -0.15) is 0 Å². The highest BCUT2D eigenvalue weighted by Crippen LogP contribution is 2.24. The first-order chi connectivity index (χ1) is 13.7. The number of fused-ring (bicyclic) bond motifs is 1. The van der Waals surface area contributed by atoms with Crippen LogP contribution in [0.2, 0.25) is 10.0 Å². The molecule has 0 aliphatic carbocycles. The van der Waals surface area contributed by atoms with Crippen molar-refractivity contribution in [2.45, 2.75) is 19.4 Å². The van der Waals surface area contributed by atoms with E-state index in [2.05, 4.69) is 10.6 Å². The third-order valence-electron chi connectivity index (χ3n) is 4.66. The molecule has 0 N–H and O–H groups in total. The summed E-state index contributed by atoms with van der Waals surface area (Å²) in [5.74, 6) is 1.72. The van der Waals surface area contributed by atoms with Crippen LogP contribution in [-0.4, -0.2) is 16.2 Å². The van der Waals surface area contributed by atoms with Gasteiger partial charge in [-0.25, -0.2) is 4.98 Å². The fourth-order valence-corrected chi connectivity index (χ4v) is 3.68. The van der Waals surface area contributed by atoms with Gasteiger partial charge >= 0.3 is 0 Å². The summed E-state index contributed by atoms with van der Waals surface area (Å²) in [7, 11) is 0. The molecule has 0 aliphatic rings. The van der Waals surface area contributed by atoms with Crippen LogP contribution in [0, 0.1) is 0 Å². The molecule has 4 aromatic rings. The van der Waals surface area contributed by atoms with Crippen LogP contribution in [0.25, 0.3) is 11.0 Å². The van der Waals surface area contributed by atoms with Crippen LogP contribution >= 0.6 is 23.2 Å². The molecule has 4 rings (SSSR count). The van der Waals surface area contributed by atoms with Crippen molar-refractivity contribution >= 4 is 34.2 Å². The van der Waals surface area contributed by atoms with E-state index in [9.17, 15) is 0 Å². The summed E-state index contributed by atoms with van der Waals surface area (Å²) >= 11 is 12.5. The van der Waals surface area contributed by atoms with Gasteiger partial charge in [0.15, 0.2) is 0 Å². The summed E-state index contributed by atoms with van der Waals surface area (Å²) in [6.45, 7) is 1.40. The highest BCUT2D eigenvalue weighted by Gasteiger charge is 2.12. The Bertz CT molecular complexity index is 1090. The van der Waals surface area contributed by atoms with Crippen molar-refractivity contribution < 1.29 is 4.74 Å². The zero-order chi connectivity index (χ0) is 19.3. The van der Waals surface area contributed by atoms with Crippen molar-refractivity contribution in [1.29, 1.82) is 0 Å². The summed E-state index contributed by atoms with van der Waals surface area (Å²) in [4.78, 5) is 4.84. The molecule has 142 valence electrons. The Labute approximate surface area is 174 Å². The fraction of sp³-hybridized carbons (Fsp3) is 0.174. The number of halogens is 2. The van der Waals surface area contributed by atoms with Crippen LogP contribution in [0.5, 0.6) is 5.75 Å². The molecule has 5 heteroatoms. The summed E-state index contributed by atoms with van der Waals surface area (Å²) in [6, 6.07) is 23.7. The molecule has 0 saturated heterocycles. The van der Waals surface area contributed by atoms with E-state index in [0.717, 1.165) is 46.2 Å². The average Bonchev–Trinajstić information content (AvgIpc) is 3.05. The van der Waals surface area contributed by atoms with Crippen molar-refractivity contribution in [2.24, 2.45) is 0 Å². The molecule has 0 fully saturated rings. The Hall–Kier alpha value is -2.49. The van der Waals surface area contributed by atoms with Gasteiger partial charge in [0.1, 0.15) is 11.6 Å². The van der Waals surface area contributed by atoms with Crippen LogP contribution < -0.4 is 4.74 Å². The average molecular weight is 411 g/mol. The predicted molar refractivity (Wildman–Crippen MR) is 116 cm³/mol. The summed E-state index contributed by atoms with van der Waals surface area (Å²) in [6.07, 6.45) is 1.54. The Kier molecular flexibility index (Phi) is 5.84. The maximum Gasteiger partial charge on any atom is 0.137 e. The van der Waals surface area contributed by atoms with Crippen molar-refractivity contribution in [3.63, 3.8) is 0 Å². The molecule has 0 saturated carbocycles. The Morgan fingerprint density at radius 3 is 2.36 bits per heavy atom. The number of rotatable bonds is 7. The molecule has 3 aromatic carbocycles. The number of para-hydroxylation sites is 3. The van der Waals surface area contributed by atoms with Crippen LogP contribution in [0.3, 0.4) is 0 Å². The Balaban J connectivity index is 1.52. The zero-order valence-corrected chi connectivity index (χ0v) is 16.8. The number of aryl methyl sites for hydroxylation is 1. The lowest BCUT2D eigenvalue weighted by molar-refractivity contribution is 0.302. The summed E-state index contributed by atoms with van der Waals surface area (Å²) in [5, 5.41) is 1.40. The minimum absolute atomic E-state index is 0.585. The van der Waals surface area contributed by atoms with Gasteiger partial charge in [-0.1, -0.05) is 65.7 Å². The zero-order valence-electron chi connectivity index (χ0n) is 15.3. The van der Waals surface area contributed by atoms with Crippen LogP contribution in [0.1, 0.15) is 17.8 Å². The second-order valence-corrected chi connectivity index (χ2v) is 7.38. The van der Waals surface area contributed by atoms with E-state index in [1.165, 1.54) is 0 Å². The highest BCUT2D eigenvalue weighted by molar-refractivity contribution is 6.32. The minimum atomic E-state index is 0.585. The molecular weight excluding hydrogens is 391 g/mol. The number of benzene rings is 3. The molecular formula is C23H20Cl2N2O. The topological polar surface area (TPSA) is 27.1 Å². The van der Waals surface area contributed by atoms with E-state index in [-0.39, 0.29) is 0 Å². The number of ether oxygens (including phenoxy) is 1. The lowest BCUT2D eigenvalue weighted by Crippen LogP contribution is -2.08. The van der Waals surface area contributed by atoms with E-state index in [4.69, 9.17) is 32.9 Å². The van der Waals surface area contributed by atoms with E-state index >= 15 is 0 Å². The standard InChI is InChI=1S/C23H20Cl2N2O/c24-18-9-2-1-8-17(18)16-23-26-20-11-4-5-12-21(20)27(23)14-7-15-28-22-13-6-3-10-19(22)25/h1-6,8-13H,7,14-16H2. The molecule has 0 amide bonds. The van der Waals surface area contributed by atoms with E-state index in [0.29, 0.717) is 18.1 Å². The molecule has 28 heavy (non-hydrogen) atoms. The molecule has 1 heterocycles. The van der Waals surface area contributed by atoms with Crippen LogP contribution in [0.15, 0.2) is 72.8 Å². The van der Waals surface area contributed by atoms with Crippen molar-refractivity contribution in [2.75, 3.05) is 6.61 Å². The van der Waals surface area contributed by atoms with E-state index in [1.54, 1.807) is 0 Å². The monoisotopic (exact) mass is 410 g/mol. The van der Waals surface area contributed by atoms with Crippen molar-refractivity contribution in [1.82, 2.24) is 9.55 Å². The molecule has 1 aromatic heterocycles. The van der Waals surface area contributed by atoms with Gasteiger partial charge < -0.3 is 9.30 Å². The Morgan fingerprint density at radius 2 is 1.54 bits per heavy atom. The van der Waals surface area contributed by atoms with Crippen LogP contribution in [0.4, 0.5) is 0 Å². The quantitative estimate of drug-likeness (QED) is 0.329. The fourth-order valence-electron chi connectivity index (χ4n) is 3.29. The SMILES string of the molecule is Clc1ccccc1Cc1nc2ccccc2n1CCCOc1ccccc1Cl. The maximum atomic E-state index is 6.37. The molecule has 0 radical (unpaired) electrons. The number of aromatic nitrogens is 2. The predicted octanol–water partition coefficient (Wildman–Crippen LogP) is 6.40. The largest absolute Gasteiger partial charge is 0.492 e. The first-order valence-electron chi connectivity index (χ1n) is 9.27. The summed E-state index contributed by atoms with van der Waals surface area (Å²) < 4.78 is 8.10. The Morgan fingerprint density at radius 1 is 0.821 bits per heavy atom. The minimum Gasteiger partial charge on any atom is -0.492 e. The van der Waals surface area contributed by atoms with Gasteiger partial charge in [-0.15, -0.1) is 0 Å². The molecule has 0 aliphatic heterocycles. The van der Waals surface area contributed by atoms with Crippen molar-refractivity contribution in [3.8, 4) is 5.75 Å². The van der Waals surface area contributed by atoms with Gasteiger partial charge in [0.2, 0.25) is 0 Å². The van der Waals surface area contributed by atoms with Crippen molar-refractivity contribution in [3.05, 3.63) is 94.2 Å². The van der Waals surface area contributed by atoms with Crippen LogP contribution in [-0.2, 0) is 13.0 Å². The number of imidazole rings is 1. The molecule has 0 bridgehead atoms. The van der Waals surface area contributed by atoms with Gasteiger partial charge in [-0.3, -0.25) is 0 Å². The third kappa shape index (κ3) is 4.16. The second kappa shape index (κ2) is 8.68. The van der Waals surface area contributed by atoms with Gasteiger partial charge in [0.05, 0.1) is 22.7 Å². The molecule has 0 spiro atoms. The molecule has 3 nitrogen and oxygen atoms in total. The molecule has 0 unspecified atom stereocenters. The van der Waals surface area contributed by atoms with Gasteiger partial charge in [-0.05, 0) is 42.3 Å². The first-order valence-corrected chi connectivity index (χ1v) is 10.0. The van der Waals surface area contributed by atoms with Gasteiger partial charge in [0, 0.05) is 18.0 Å². The number of hydrogen-bond donors (Lipinski definition) is 0. The number of nitrogens with zero attached hydrogens (tertiary/aromatic N) is 2. The van der Waals surface area contributed by atoms with E-state index < -0.39 is 0 Å². The lowest BCUT2D eigenvalue weighted by Gasteiger charge is -2.11. The van der Waals surface area contributed by atoms with E-state index in [1.807, 2.05) is 66.7 Å². The maximum absolute atomic E-state index is 6.37. The smallest absolute Gasteiger partial charge is 0.137 e. The summed E-state index contributed by atoms with van der Waals surface area (Å²) in [5.41, 5.74) is 3.20. The normalized spacial score (nSPS) is 11.1. The van der Waals surface area contributed by atoms with Gasteiger partial charge in [0.25, 0.3) is 0 Å². The first kappa shape index (κ1) is 18.9. The third-order valence-corrected chi connectivity index (χ3v) is 5.34. The number of hydrogen-bond acceptors (Lipinski definition) is 2. The highest BCUT2D eigenvalue weighted by atomic mass is 35.5. The lowest BCUT2D eigenvalue weighted by atomic mass is 10.1. The molecule has 0 atom stereocenters. The second-order valence-electron chi connectivity index (χ2n) is 6.57.